The van der Waals surface area contributed by atoms with Crippen molar-refractivity contribution in [1.82, 2.24) is 10.6 Å². The van der Waals surface area contributed by atoms with E-state index in [0.717, 1.165) is 13.1 Å². The van der Waals surface area contributed by atoms with E-state index in [-0.39, 0.29) is 13.2 Å². The molecule has 0 aliphatic heterocycles. The van der Waals surface area contributed by atoms with E-state index in [2.05, 4.69) is 17.6 Å². The average molecular weight is 192 g/mol. The molecule has 0 bridgehead atoms. The van der Waals surface area contributed by atoms with Gasteiger partial charge in [0.25, 0.3) is 0 Å². The summed E-state index contributed by atoms with van der Waals surface area (Å²) in [6.45, 7) is 5.11. The second-order valence-electron chi connectivity index (χ2n) is 2.65. The fourth-order valence-corrected chi connectivity index (χ4v) is 0.618. The van der Waals surface area contributed by atoms with E-state index in [1.54, 1.807) is 7.05 Å². The lowest BCUT2D eigenvalue weighted by Gasteiger charge is -1.97. The van der Waals surface area contributed by atoms with Gasteiger partial charge in [-0.05, 0) is 20.0 Å². The molecule has 0 aliphatic rings. The zero-order chi connectivity index (χ0) is 10.4. The first-order valence-corrected chi connectivity index (χ1v) is 4.90. The van der Waals surface area contributed by atoms with E-state index in [1.165, 1.54) is 12.8 Å². The monoisotopic (exact) mass is 192 g/mol. The normalized spacial score (nSPS) is 9.23. The van der Waals surface area contributed by atoms with Gasteiger partial charge in [0.15, 0.2) is 0 Å². The second-order valence-corrected chi connectivity index (χ2v) is 2.65. The van der Waals surface area contributed by atoms with E-state index in [1.807, 2.05) is 0 Å². The number of hydrogen-bond donors (Lipinski definition) is 4. The Bertz CT molecular complexity index is 64.6. The summed E-state index contributed by atoms with van der Waals surface area (Å²) in [7, 11) is 1.80. The Morgan fingerprint density at radius 2 is 1.62 bits per heavy atom. The van der Waals surface area contributed by atoms with Gasteiger partial charge in [-0.25, -0.2) is 0 Å². The molecule has 0 amide bonds. The molecule has 0 radical (unpaired) electrons. The van der Waals surface area contributed by atoms with Crippen LogP contribution >= 0.6 is 0 Å². The number of likely N-dealkylation sites (N-methyl/N-ethyl adjacent to an activating group) is 1. The van der Waals surface area contributed by atoms with Gasteiger partial charge in [0.05, 0.1) is 13.2 Å². The van der Waals surface area contributed by atoms with Gasteiger partial charge in [0.2, 0.25) is 0 Å². The molecule has 0 aromatic heterocycles. The van der Waals surface area contributed by atoms with Crippen molar-refractivity contribution in [2.45, 2.75) is 19.8 Å². The average Bonchev–Trinajstić information content (AvgIpc) is 2.15. The van der Waals surface area contributed by atoms with Gasteiger partial charge in [0, 0.05) is 13.1 Å². The highest BCUT2D eigenvalue weighted by atomic mass is 16.3. The fourth-order valence-electron chi connectivity index (χ4n) is 0.618. The number of unbranched alkanes of at least 4 members (excludes halogenated alkanes) is 1. The Morgan fingerprint density at radius 3 is 1.92 bits per heavy atom. The quantitative estimate of drug-likeness (QED) is 0.413. The Kier molecular flexibility index (Phi) is 21.0. The van der Waals surface area contributed by atoms with Crippen LogP contribution in [-0.2, 0) is 0 Å². The number of aliphatic hydroxyl groups excluding tert-OH is 2. The van der Waals surface area contributed by atoms with Crippen molar-refractivity contribution in [3.8, 4) is 0 Å². The summed E-state index contributed by atoms with van der Waals surface area (Å²) in [5, 5.41) is 22.2. The number of aliphatic hydroxyl groups is 2. The fraction of sp³-hybridized carbons (Fsp3) is 1.00. The summed E-state index contributed by atoms with van der Waals surface area (Å²) < 4.78 is 0. The van der Waals surface area contributed by atoms with Crippen LogP contribution in [0, 0.1) is 0 Å². The first kappa shape index (κ1) is 15.3. The van der Waals surface area contributed by atoms with Crippen LogP contribution in [0.2, 0.25) is 0 Å². The molecule has 4 N–H and O–H groups in total. The van der Waals surface area contributed by atoms with Crippen molar-refractivity contribution in [2.75, 3.05) is 39.9 Å². The maximum atomic E-state index is 8.30. The standard InChI is InChI=1S/C6H15NO.C3H9NO/c1-2-3-4-7-5-6-8;1-4-2-3-5/h7-8H,2-6H2,1H3;4-5H,2-3H2,1H3. The summed E-state index contributed by atoms with van der Waals surface area (Å²) in [4.78, 5) is 0. The largest absolute Gasteiger partial charge is 0.395 e. The minimum absolute atomic E-state index is 0.233. The van der Waals surface area contributed by atoms with E-state index in [4.69, 9.17) is 10.2 Å². The zero-order valence-corrected chi connectivity index (χ0v) is 8.84. The summed E-state index contributed by atoms with van der Waals surface area (Å²) in [5.74, 6) is 0. The highest BCUT2D eigenvalue weighted by Crippen LogP contribution is 1.80. The summed E-state index contributed by atoms with van der Waals surface area (Å²) in [6, 6.07) is 0. The third kappa shape index (κ3) is 24.5. The number of rotatable bonds is 7. The molecule has 0 aliphatic carbocycles. The lowest BCUT2D eigenvalue weighted by atomic mass is 10.3. The van der Waals surface area contributed by atoms with Crippen molar-refractivity contribution in [2.24, 2.45) is 0 Å². The van der Waals surface area contributed by atoms with Crippen LogP contribution in [0.3, 0.4) is 0 Å². The Balaban J connectivity index is 0. The summed E-state index contributed by atoms with van der Waals surface area (Å²) in [6.07, 6.45) is 2.43. The predicted octanol–water partition coefficient (Wildman–Crippen LogP) is -0.433. The minimum atomic E-state index is 0.233. The molecular weight excluding hydrogens is 168 g/mol. The molecule has 0 saturated heterocycles. The van der Waals surface area contributed by atoms with Gasteiger partial charge >= 0.3 is 0 Å². The Morgan fingerprint density at radius 1 is 1.00 bits per heavy atom. The lowest BCUT2D eigenvalue weighted by molar-refractivity contribution is 0.292. The van der Waals surface area contributed by atoms with Gasteiger partial charge in [-0.15, -0.1) is 0 Å². The molecule has 0 atom stereocenters. The maximum absolute atomic E-state index is 8.30. The van der Waals surface area contributed by atoms with Crippen LogP contribution in [0.1, 0.15) is 19.8 Å². The highest BCUT2D eigenvalue weighted by Gasteiger charge is 1.81. The van der Waals surface area contributed by atoms with E-state index >= 15 is 0 Å². The predicted molar refractivity (Wildman–Crippen MR) is 55.9 cm³/mol. The summed E-state index contributed by atoms with van der Waals surface area (Å²) >= 11 is 0. The van der Waals surface area contributed by atoms with Gasteiger partial charge in [-0.3, -0.25) is 0 Å². The van der Waals surface area contributed by atoms with Gasteiger partial charge in [-0.1, -0.05) is 13.3 Å². The van der Waals surface area contributed by atoms with Crippen molar-refractivity contribution < 1.29 is 10.2 Å². The Hall–Kier alpha value is -0.160. The molecule has 0 aromatic carbocycles. The smallest absolute Gasteiger partial charge is 0.0555 e. The molecule has 0 spiro atoms. The molecule has 0 aromatic rings. The molecule has 13 heavy (non-hydrogen) atoms. The van der Waals surface area contributed by atoms with Crippen LogP contribution in [0.15, 0.2) is 0 Å². The SMILES string of the molecule is CCCCNCCO.CNCCO. The second kappa shape index (κ2) is 17.8. The lowest BCUT2D eigenvalue weighted by Crippen LogP contribution is -2.18. The third-order valence-corrected chi connectivity index (χ3v) is 1.36. The molecule has 82 valence electrons. The number of nitrogens with one attached hydrogen (secondary N) is 2. The minimum Gasteiger partial charge on any atom is -0.395 e. The van der Waals surface area contributed by atoms with Gasteiger partial charge < -0.3 is 20.8 Å². The third-order valence-electron chi connectivity index (χ3n) is 1.36. The summed E-state index contributed by atoms with van der Waals surface area (Å²) in [5.41, 5.74) is 0. The topological polar surface area (TPSA) is 64.5 Å². The van der Waals surface area contributed by atoms with Crippen LogP contribution < -0.4 is 10.6 Å². The molecule has 0 heterocycles. The number of hydrogen-bond acceptors (Lipinski definition) is 4. The highest BCUT2D eigenvalue weighted by molar-refractivity contribution is 4.43. The zero-order valence-electron chi connectivity index (χ0n) is 8.84. The first-order chi connectivity index (χ1) is 6.33. The van der Waals surface area contributed by atoms with Crippen LogP contribution in [0.5, 0.6) is 0 Å². The van der Waals surface area contributed by atoms with E-state index in [9.17, 15) is 0 Å². The van der Waals surface area contributed by atoms with Gasteiger partial charge in [0.1, 0.15) is 0 Å². The van der Waals surface area contributed by atoms with Crippen LogP contribution in [0.4, 0.5) is 0 Å². The van der Waals surface area contributed by atoms with E-state index in [0.29, 0.717) is 6.54 Å². The van der Waals surface area contributed by atoms with Crippen LogP contribution in [-0.4, -0.2) is 50.1 Å². The molecule has 4 nitrogen and oxygen atoms in total. The molecule has 4 heteroatoms. The van der Waals surface area contributed by atoms with E-state index < -0.39 is 0 Å². The molecule has 0 rings (SSSR count). The maximum Gasteiger partial charge on any atom is 0.0555 e. The molecule has 0 unspecified atom stereocenters. The van der Waals surface area contributed by atoms with Crippen molar-refractivity contribution in [1.29, 1.82) is 0 Å². The first-order valence-electron chi connectivity index (χ1n) is 4.90. The molecule has 0 saturated carbocycles. The van der Waals surface area contributed by atoms with Crippen molar-refractivity contribution in [3.63, 3.8) is 0 Å². The van der Waals surface area contributed by atoms with Crippen molar-refractivity contribution in [3.05, 3.63) is 0 Å². The molecular formula is C9H24N2O2. The van der Waals surface area contributed by atoms with Gasteiger partial charge in [-0.2, -0.15) is 0 Å². The van der Waals surface area contributed by atoms with Crippen LogP contribution in [0.25, 0.3) is 0 Å². The van der Waals surface area contributed by atoms with Crippen molar-refractivity contribution >= 4 is 0 Å². The molecule has 0 fully saturated rings. The Labute approximate surface area is 81.4 Å².